The van der Waals surface area contributed by atoms with Crippen LogP contribution in [0.1, 0.15) is 11.3 Å². The van der Waals surface area contributed by atoms with Crippen molar-refractivity contribution in [1.29, 1.82) is 0 Å². The number of sulfone groups is 1. The molecule has 0 bridgehead atoms. The maximum atomic E-state index is 15.4. The molecule has 37 heavy (non-hydrogen) atoms. The highest BCUT2D eigenvalue weighted by atomic mass is 32.2. The quantitative estimate of drug-likeness (QED) is 0.363. The highest BCUT2D eigenvalue weighted by Gasteiger charge is 2.25. The van der Waals surface area contributed by atoms with E-state index in [0.717, 1.165) is 17.9 Å². The molecule has 0 unspecified atom stereocenters. The number of hydrogen-bond acceptors (Lipinski definition) is 5. The first-order chi connectivity index (χ1) is 17.6. The molecule has 8 nitrogen and oxygen atoms in total. The number of nitrogens with zero attached hydrogens (tertiary/aromatic N) is 3. The number of aromatic nitrogens is 3. The lowest BCUT2D eigenvalue weighted by Crippen LogP contribution is -2.24. The van der Waals surface area contributed by atoms with Gasteiger partial charge in [0, 0.05) is 28.3 Å². The lowest BCUT2D eigenvalue weighted by atomic mass is 10.0. The summed E-state index contributed by atoms with van der Waals surface area (Å²) >= 11 is 0. The van der Waals surface area contributed by atoms with Gasteiger partial charge in [-0.2, -0.15) is 5.10 Å². The highest BCUT2D eigenvalue weighted by Crippen LogP contribution is 2.38. The third-order valence-corrected chi connectivity index (χ3v) is 7.44. The van der Waals surface area contributed by atoms with Crippen molar-refractivity contribution in [2.75, 3.05) is 6.26 Å². The van der Waals surface area contributed by atoms with E-state index in [4.69, 9.17) is 0 Å². The van der Waals surface area contributed by atoms with Crippen LogP contribution in [0.4, 0.5) is 4.39 Å². The maximum absolute atomic E-state index is 15.4. The van der Waals surface area contributed by atoms with Crippen molar-refractivity contribution in [2.24, 2.45) is 0 Å². The van der Waals surface area contributed by atoms with Crippen molar-refractivity contribution in [1.82, 2.24) is 14.3 Å². The molecule has 10 heteroatoms. The van der Waals surface area contributed by atoms with Gasteiger partial charge < -0.3 is 9.67 Å². The average Bonchev–Trinajstić information content (AvgIpc) is 3.12. The van der Waals surface area contributed by atoms with E-state index in [1.165, 1.54) is 15.3 Å². The smallest absolute Gasteiger partial charge is 0.323 e. The van der Waals surface area contributed by atoms with Crippen LogP contribution in [0.5, 0.6) is 0 Å². The van der Waals surface area contributed by atoms with Gasteiger partial charge >= 0.3 is 5.97 Å². The summed E-state index contributed by atoms with van der Waals surface area (Å²) in [6.07, 6.45) is 0.974. The van der Waals surface area contributed by atoms with Crippen molar-refractivity contribution < 1.29 is 22.7 Å². The number of benzene rings is 3. The molecule has 188 valence electrons. The van der Waals surface area contributed by atoms with Crippen LogP contribution in [0, 0.1) is 12.7 Å². The molecule has 2 heterocycles. The number of halogens is 1. The Hall–Kier alpha value is -4.31. The Morgan fingerprint density at radius 3 is 2.30 bits per heavy atom. The molecule has 0 saturated carbocycles. The number of aliphatic carboxylic acids is 1. The Balaban J connectivity index is 1.91. The van der Waals surface area contributed by atoms with Crippen LogP contribution >= 0.6 is 0 Å². The van der Waals surface area contributed by atoms with Gasteiger partial charge in [-0.05, 0) is 30.7 Å². The molecule has 2 aromatic heterocycles. The van der Waals surface area contributed by atoms with Crippen LogP contribution in [0.25, 0.3) is 32.9 Å². The number of rotatable bonds is 6. The van der Waals surface area contributed by atoms with E-state index >= 15 is 4.39 Å². The molecule has 0 spiro atoms. The molecule has 0 saturated heterocycles. The van der Waals surface area contributed by atoms with Gasteiger partial charge in [0.25, 0.3) is 5.56 Å². The Morgan fingerprint density at radius 1 is 1.00 bits per heavy atom. The topological polar surface area (TPSA) is 111 Å². The van der Waals surface area contributed by atoms with Crippen LogP contribution in [0.2, 0.25) is 0 Å². The second kappa shape index (κ2) is 8.97. The summed E-state index contributed by atoms with van der Waals surface area (Å²) in [5.74, 6) is -2.06. The van der Waals surface area contributed by atoms with Gasteiger partial charge in [-0.1, -0.05) is 48.5 Å². The largest absolute Gasteiger partial charge is 0.480 e. The second-order valence-electron chi connectivity index (χ2n) is 8.86. The average molecular weight is 520 g/mol. The molecule has 0 fully saturated rings. The molecule has 3 aromatic carbocycles. The zero-order valence-electron chi connectivity index (χ0n) is 20.0. The van der Waals surface area contributed by atoms with E-state index in [9.17, 15) is 23.1 Å². The second-order valence-corrected chi connectivity index (χ2v) is 10.9. The first-order valence-corrected chi connectivity index (χ1v) is 13.2. The maximum Gasteiger partial charge on any atom is 0.323 e. The highest BCUT2D eigenvalue weighted by molar-refractivity contribution is 7.90. The fraction of sp³-hybridized carbons (Fsp3) is 0.148. The van der Waals surface area contributed by atoms with Gasteiger partial charge in [-0.25, -0.2) is 17.5 Å². The predicted molar refractivity (Wildman–Crippen MR) is 138 cm³/mol. The monoisotopic (exact) mass is 519 g/mol. The minimum absolute atomic E-state index is 0.0472. The summed E-state index contributed by atoms with van der Waals surface area (Å²) in [5.41, 5.74) is 1.53. The Labute approximate surface area is 211 Å². The minimum Gasteiger partial charge on any atom is -0.480 e. The Bertz CT molecular complexity index is 1880. The van der Waals surface area contributed by atoms with Crippen molar-refractivity contribution in [3.8, 4) is 11.3 Å². The lowest BCUT2D eigenvalue weighted by molar-refractivity contribution is -0.137. The first-order valence-electron chi connectivity index (χ1n) is 11.3. The van der Waals surface area contributed by atoms with Gasteiger partial charge in [0.05, 0.1) is 22.3 Å². The zero-order valence-corrected chi connectivity index (χ0v) is 20.8. The van der Waals surface area contributed by atoms with E-state index in [2.05, 4.69) is 5.10 Å². The Kier molecular flexibility index (Phi) is 5.91. The van der Waals surface area contributed by atoms with Gasteiger partial charge in [0.1, 0.15) is 18.1 Å². The standard InChI is InChI=1S/C27H22FN3O5S/c1-16-24(21-12-18(37(2,35)36)13-22(28)26(21)30(16)15-23(32)33)25-19-10-6-7-11-20(19)27(34)31(29-25)14-17-8-4-3-5-9-17/h3-13H,14-15H2,1-2H3,(H,32,33). The molecule has 1 N–H and O–H groups in total. The molecule has 0 atom stereocenters. The number of carboxylic acids is 1. The van der Waals surface area contributed by atoms with Gasteiger partial charge in [-0.3, -0.25) is 9.59 Å². The van der Waals surface area contributed by atoms with E-state index in [-0.39, 0.29) is 27.9 Å². The van der Waals surface area contributed by atoms with Crippen molar-refractivity contribution in [2.45, 2.75) is 24.9 Å². The summed E-state index contributed by atoms with van der Waals surface area (Å²) < 4.78 is 42.6. The molecular formula is C27H22FN3O5S. The molecule has 0 aliphatic carbocycles. The molecule has 5 aromatic rings. The van der Waals surface area contributed by atoms with Crippen molar-refractivity contribution >= 4 is 37.5 Å². The molecule has 5 rings (SSSR count). The fourth-order valence-corrected chi connectivity index (χ4v) is 5.32. The summed E-state index contributed by atoms with van der Waals surface area (Å²) in [6.45, 7) is 1.26. The molecule has 0 radical (unpaired) electrons. The summed E-state index contributed by atoms with van der Waals surface area (Å²) in [4.78, 5) is 24.8. The predicted octanol–water partition coefficient (Wildman–Crippen LogP) is 4.00. The Morgan fingerprint density at radius 2 is 1.65 bits per heavy atom. The van der Waals surface area contributed by atoms with Crippen LogP contribution in [0.15, 0.2) is 76.4 Å². The SMILES string of the molecule is Cc1c(-c2nn(Cc3ccccc3)c(=O)c3ccccc23)c2cc(S(C)(=O)=O)cc(F)c2n1CC(=O)O. The molecule has 0 aliphatic rings. The number of carboxylic acid groups (broad SMARTS) is 1. The van der Waals surface area contributed by atoms with Crippen molar-refractivity contribution in [3.05, 3.63) is 94.2 Å². The van der Waals surface area contributed by atoms with Crippen molar-refractivity contribution in [3.63, 3.8) is 0 Å². The molecule has 0 amide bonds. The zero-order chi connectivity index (χ0) is 26.5. The van der Waals surface area contributed by atoms with Crippen LogP contribution in [0.3, 0.4) is 0 Å². The molecule has 0 aliphatic heterocycles. The van der Waals surface area contributed by atoms with Crippen LogP contribution in [-0.4, -0.2) is 40.1 Å². The number of hydrogen-bond donors (Lipinski definition) is 1. The van der Waals surface area contributed by atoms with Gasteiger partial charge in [0.2, 0.25) is 0 Å². The van der Waals surface area contributed by atoms with Crippen LogP contribution in [-0.2, 0) is 27.7 Å². The summed E-state index contributed by atoms with van der Waals surface area (Å²) in [5, 5.41) is 15.2. The molecular weight excluding hydrogens is 497 g/mol. The first kappa shape index (κ1) is 24.4. The number of fused-ring (bicyclic) bond motifs is 2. The fourth-order valence-electron chi connectivity index (χ4n) is 4.67. The third-order valence-electron chi connectivity index (χ3n) is 6.34. The summed E-state index contributed by atoms with van der Waals surface area (Å²) in [7, 11) is -3.78. The normalized spacial score (nSPS) is 11.9. The van der Waals surface area contributed by atoms with E-state index in [1.54, 1.807) is 31.2 Å². The van der Waals surface area contributed by atoms with E-state index in [1.807, 2.05) is 30.3 Å². The van der Waals surface area contributed by atoms with E-state index in [0.29, 0.717) is 27.7 Å². The van der Waals surface area contributed by atoms with E-state index < -0.39 is 28.2 Å². The van der Waals surface area contributed by atoms with Crippen LogP contribution < -0.4 is 5.56 Å². The van der Waals surface area contributed by atoms with Gasteiger partial charge in [0.15, 0.2) is 9.84 Å². The minimum atomic E-state index is -3.78. The van der Waals surface area contributed by atoms with Gasteiger partial charge in [-0.15, -0.1) is 0 Å². The lowest BCUT2D eigenvalue weighted by Gasteiger charge is -2.12. The summed E-state index contributed by atoms with van der Waals surface area (Å²) in [6, 6.07) is 18.3. The third kappa shape index (κ3) is 4.29. The number of carbonyl (C=O) groups is 1.